The highest BCUT2D eigenvalue weighted by Crippen LogP contribution is 2.26. The van der Waals surface area contributed by atoms with Gasteiger partial charge in [-0.25, -0.2) is 4.68 Å². The minimum absolute atomic E-state index is 0.0366. The predicted molar refractivity (Wildman–Crippen MR) is 85.8 cm³/mol. The number of H-pyrrole nitrogens is 1. The van der Waals surface area contributed by atoms with Crippen LogP contribution in [0.3, 0.4) is 0 Å². The quantitative estimate of drug-likeness (QED) is 0.651. The van der Waals surface area contributed by atoms with Crippen LogP contribution >= 0.6 is 11.3 Å². The Morgan fingerprint density at radius 3 is 3.00 bits per heavy atom. The Balaban J connectivity index is 1.78. The van der Waals surface area contributed by atoms with E-state index in [0.29, 0.717) is 12.4 Å². The number of aliphatic hydroxyl groups excluding tert-OH is 1. The molecular formula is C15H16N4O2S. The van der Waals surface area contributed by atoms with Gasteiger partial charge in [0, 0.05) is 18.0 Å². The Morgan fingerprint density at radius 1 is 1.41 bits per heavy atom. The van der Waals surface area contributed by atoms with Gasteiger partial charge < -0.3 is 15.4 Å². The van der Waals surface area contributed by atoms with E-state index in [1.54, 1.807) is 22.2 Å². The third-order valence-electron chi connectivity index (χ3n) is 3.15. The second-order valence-corrected chi connectivity index (χ2v) is 5.71. The van der Waals surface area contributed by atoms with E-state index in [0.717, 1.165) is 16.3 Å². The Bertz CT molecular complexity index is 732. The number of carbonyl (C=O) groups excluding carboxylic acids is 1. The number of anilines is 1. The van der Waals surface area contributed by atoms with Crippen molar-refractivity contribution in [1.29, 1.82) is 0 Å². The number of aromatic nitrogens is 3. The Kier molecular flexibility index (Phi) is 4.36. The molecule has 0 bridgehead atoms. The van der Waals surface area contributed by atoms with Crippen LogP contribution in [-0.4, -0.2) is 32.4 Å². The van der Waals surface area contributed by atoms with Crippen LogP contribution in [0, 0.1) is 0 Å². The number of aliphatic hydroxyl groups is 1. The first kappa shape index (κ1) is 14.6. The molecule has 0 atom stereocenters. The van der Waals surface area contributed by atoms with Crippen LogP contribution in [0.4, 0.5) is 5.82 Å². The molecule has 0 fully saturated rings. The fourth-order valence-electron chi connectivity index (χ4n) is 2.16. The van der Waals surface area contributed by atoms with Crippen molar-refractivity contribution in [3.05, 3.63) is 47.6 Å². The minimum atomic E-state index is -0.126. The molecule has 0 radical (unpaired) electrons. The van der Waals surface area contributed by atoms with Crippen molar-refractivity contribution in [3.8, 4) is 10.6 Å². The Labute approximate surface area is 131 Å². The van der Waals surface area contributed by atoms with Gasteiger partial charge in [0.1, 0.15) is 11.5 Å². The molecule has 0 aliphatic carbocycles. The van der Waals surface area contributed by atoms with Crippen LogP contribution in [0.15, 0.2) is 41.9 Å². The van der Waals surface area contributed by atoms with E-state index in [9.17, 15) is 4.79 Å². The molecule has 22 heavy (non-hydrogen) atoms. The topological polar surface area (TPSA) is 82.9 Å². The molecule has 3 N–H and O–H groups in total. The van der Waals surface area contributed by atoms with E-state index < -0.39 is 0 Å². The summed E-state index contributed by atoms with van der Waals surface area (Å²) >= 11 is 1.58. The van der Waals surface area contributed by atoms with Crippen LogP contribution < -0.4 is 5.32 Å². The third-order valence-corrected chi connectivity index (χ3v) is 4.04. The normalized spacial score (nSPS) is 10.8. The smallest absolute Gasteiger partial charge is 0.231 e. The van der Waals surface area contributed by atoms with Gasteiger partial charge in [0.2, 0.25) is 5.91 Å². The summed E-state index contributed by atoms with van der Waals surface area (Å²) < 4.78 is 1.61. The van der Waals surface area contributed by atoms with Crippen molar-refractivity contribution in [3.63, 3.8) is 0 Å². The fourth-order valence-corrected chi connectivity index (χ4v) is 2.85. The maximum Gasteiger partial charge on any atom is 0.231 e. The van der Waals surface area contributed by atoms with Gasteiger partial charge in [-0.15, -0.1) is 11.3 Å². The molecule has 0 aliphatic rings. The molecule has 0 aliphatic heterocycles. The molecule has 7 heteroatoms. The number of aromatic amines is 1. The Morgan fingerprint density at radius 2 is 2.32 bits per heavy atom. The van der Waals surface area contributed by atoms with Gasteiger partial charge in [-0.3, -0.25) is 4.79 Å². The number of rotatable bonds is 6. The highest BCUT2D eigenvalue weighted by Gasteiger charge is 2.13. The van der Waals surface area contributed by atoms with Gasteiger partial charge in [0.15, 0.2) is 0 Å². The van der Waals surface area contributed by atoms with Crippen LogP contribution in [0.2, 0.25) is 0 Å². The maximum atomic E-state index is 12.1. The third kappa shape index (κ3) is 3.26. The number of nitrogens with zero attached hydrogens (tertiary/aromatic N) is 2. The number of nitrogens with one attached hydrogen (secondary N) is 2. The molecule has 0 aromatic carbocycles. The van der Waals surface area contributed by atoms with E-state index in [4.69, 9.17) is 5.11 Å². The van der Waals surface area contributed by atoms with Crippen LogP contribution in [-0.2, 0) is 17.8 Å². The number of carbonyl (C=O) groups is 1. The number of hydrogen-bond donors (Lipinski definition) is 3. The van der Waals surface area contributed by atoms with Gasteiger partial charge in [0.25, 0.3) is 0 Å². The van der Waals surface area contributed by atoms with Crippen molar-refractivity contribution in [2.24, 2.45) is 0 Å². The second-order valence-electron chi connectivity index (χ2n) is 4.76. The summed E-state index contributed by atoms with van der Waals surface area (Å²) in [7, 11) is 0. The Hall–Kier alpha value is -2.38. The lowest BCUT2D eigenvalue weighted by Crippen LogP contribution is -2.18. The molecule has 0 saturated carbocycles. The molecular weight excluding hydrogens is 300 g/mol. The van der Waals surface area contributed by atoms with Crippen LogP contribution in [0.1, 0.15) is 5.69 Å². The molecule has 3 aromatic rings. The first-order valence-corrected chi connectivity index (χ1v) is 7.79. The first-order chi connectivity index (χ1) is 10.8. The van der Waals surface area contributed by atoms with Crippen molar-refractivity contribution < 1.29 is 9.90 Å². The standard InChI is InChI=1S/C15H16N4O2S/c20-7-6-19-14(10-12(18-19)13-4-2-8-22-13)17-15(21)9-11-3-1-5-16-11/h1-5,8,10,16,20H,6-7,9H2,(H,17,21). The lowest BCUT2D eigenvalue weighted by Gasteiger charge is -2.06. The van der Waals surface area contributed by atoms with Crippen molar-refractivity contribution >= 4 is 23.1 Å². The average Bonchev–Trinajstić information content (AvgIpc) is 3.21. The van der Waals surface area contributed by atoms with Crippen LogP contribution in [0.25, 0.3) is 10.6 Å². The van der Waals surface area contributed by atoms with E-state index >= 15 is 0 Å². The lowest BCUT2D eigenvalue weighted by molar-refractivity contribution is -0.115. The monoisotopic (exact) mass is 316 g/mol. The summed E-state index contributed by atoms with van der Waals surface area (Å²) in [6.45, 7) is 0.300. The number of hydrogen-bond acceptors (Lipinski definition) is 4. The van der Waals surface area contributed by atoms with E-state index in [2.05, 4.69) is 15.4 Å². The van der Waals surface area contributed by atoms with Crippen molar-refractivity contribution in [2.45, 2.75) is 13.0 Å². The molecule has 114 valence electrons. The summed E-state index contributed by atoms with van der Waals surface area (Å²) in [5.41, 5.74) is 1.64. The van der Waals surface area contributed by atoms with Crippen molar-refractivity contribution in [2.75, 3.05) is 11.9 Å². The lowest BCUT2D eigenvalue weighted by atomic mass is 10.3. The van der Waals surface area contributed by atoms with E-state index in [1.807, 2.05) is 35.7 Å². The summed E-state index contributed by atoms with van der Waals surface area (Å²) in [5, 5.41) is 18.4. The molecule has 6 nitrogen and oxygen atoms in total. The van der Waals surface area contributed by atoms with E-state index in [1.165, 1.54) is 0 Å². The second kappa shape index (κ2) is 6.59. The maximum absolute atomic E-state index is 12.1. The zero-order chi connectivity index (χ0) is 15.4. The molecule has 3 aromatic heterocycles. The average molecular weight is 316 g/mol. The molecule has 1 amide bonds. The van der Waals surface area contributed by atoms with E-state index in [-0.39, 0.29) is 18.9 Å². The number of thiophene rings is 1. The largest absolute Gasteiger partial charge is 0.394 e. The number of amides is 1. The fraction of sp³-hybridized carbons (Fsp3) is 0.200. The first-order valence-electron chi connectivity index (χ1n) is 6.91. The van der Waals surface area contributed by atoms with Gasteiger partial charge in [0.05, 0.1) is 24.4 Å². The van der Waals surface area contributed by atoms with Gasteiger partial charge in [-0.05, 0) is 23.6 Å². The molecule has 3 heterocycles. The molecule has 0 saturated heterocycles. The summed E-state index contributed by atoms with van der Waals surface area (Å²) in [5.74, 6) is 0.466. The minimum Gasteiger partial charge on any atom is -0.394 e. The van der Waals surface area contributed by atoms with Gasteiger partial charge in [-0.2, -0.15) is 5.10 Å². The highest BCUT2D eigenvalue weighted by molar-refractivity contribution is 7.13. The van der Waals surface area contributed by atoms with Gasteiger partial charge in [-0.1, -0.05) is 6.07 Å². The predicted octanol–water partition coefficient (Wildman–Crippen LogP) is 2.11. The summed E-state index contributed by atoms with van der Waals surface area (Å²) in [4.78, 5) is 16.1. The molecule has 3 rings (SSSR count). The van der Waals surface area contributed by atoms with Gasteiger partial charge >= 0.3 is 0 Å². The molecule has 0 unspecified atom stereocenters. The SMILES string of the molecule is O=C(Cc1ccc[nH]1)Nc1cc(-c2cccs2)nn1CCO. The molecule has 0 spiro atoms. The zero-order valence-electron chi connectivity index (χ0n) is 11.8. The summed E-state index contributed by atoms with van der Waals surface area (Å²) in [6.07, 6.45) is 2.05. The van der Waals surface area contributed by atoms with Crippen molar-refractivity contribution in [1.82, 2.24) is 14.8 Å². The zero-order valence-corrected chi connectivity index (χ0v) is 12.6. The highest BCUT2D eigenvalue weighted by atomic mass is 32.1. The summed E-state index contributed by atoms with van der Waals surface area (Å²) in [6, 6.07) is 9.47. The van der Waals surface area contributed by atoms with Crippen LogP contribution in [0.5, 0.6) is 0 Å².